The summed E-state index contributed by atoms with van der Waals surface area (Å²) in [6.07, 6.45) is 5.31. The van der Waals surface area contributed by atoms with Gasteiger partial charge in [-0.1, -0.05) is 0 Å². The maximum atomic E-state index is 4.77. The van der Waals surface area contributed by atoms with Crippen molar-refractivity contribution in [1.29, 1.82) is 0 Å². The number of hydrogen-bond acceptors (Lipinski definition) is 8. The largest absolute Gasteiger partial charge is 0.357 e. The molecule has 4 heterocycles. The van der Waals surface area contributed by atoms with Crippen LogP contribution in [0.25, 0.3) is 11.0 Å². The Balaban J connectivity index is 1.50. The molecule has 1 aliphatic rings. The fourth-order valence-electron chi connectivity index (χ4n) is 3.54. The van der Waals surface area contributed by atoms with E-state index < -0.39 is 0 Å². The van der Waals surface area contributed by atoms with Crippen LogP contribution in [0.5, 0.6) is 0 Å². The van der Waals surface area contributed by atoms with Gasteiger partial charge in [-0.15, -0.1) is 0 Å². The third kappa shape index (κ3) is 3.24. The van der Waals surface area contributed by atoms with Gasteiger partial charge in [-0.05, 0) is 19.9 Å². The maximum absolute atomic E-state index is 4.77. The average Bonchev–Trinajstić information content (AvgIpc) is 3.11. The van der Waals surface area contributed by atoms with Gasteiger partial charge in [0.25, 0.3) is 0 Å². The van der Waals surface area contributed by atoms with E-state index in [1.165, 1.54) is 0 Å². The Labute approximate surface area is 158 Å². The molecule has 0 aliphatic carbocycles. The summed E-state index contributed by atoms with van der Waals surface area (Å²) in [5, 5.41) is 5.30. The first-order valence-electron chi connectivity index (χ1n) is 9.41. The van der Waals surface area contributed by atoms with Crippen LogP contribution in [0.4, 0.5) is 17.6 Å². The van der Waals surface area contributed by atoms with E-state index in [1.807, 2.05) is 25.5 Å². The highest BCUT2D eigenvalue weighted by atomic mass is 15.4. The van der Waals surface area contributed by atoms with E-state index in [9.17, 15) is 0 Å². The number of piperazine rings is 1. The first-order valence-corrected chi connectivity index (χ1v) is 9.41. The molecule has 3 aromatic heterocycles. The van der Waals surface area contributed by atoms with Gasteiger partial charge >= 0.3 is 0 Å². The van der Waals surface area contributed by atoms with Gasteiger partial charge < -0.3 is 14.7 Å². The molecule has 142 valence electrons. The van der Waals surface area contributed by atoms with Gasteiger partial charge in [0.1, 0.15) is 18.0 Å². The lowest BCUT2D eigenvalue weighted by Gasteiger charge is -2.35. The quantitative estimate of drug-likeness (QED) is 0.668. The Morgan fingerprint density at radius 2 is 1.74 bits per heavy atom. The molecular weight excluding hydrogens is 342 g/mol. The predicted octanol–water partition coefficient (Wildman–Crippen LogP) is 1.33. The SMILES string of the molecule is CCN(CC)c1ccnc(N2CCN(c3ncnc4c3cnn4C)CC2)n1. The summed E-state index contributed by atoms with van der Waals surface area (Å²) in [7, 11) is 1.90. The smallest absolute Gasteiger partial charge is 0.227 e. The highest BCUT2D eigenvalue weighted by Gasteiger charge is 2.22. The van der Waals surface area contributed by atoms with E-state index in [1.54, 1.807) is 11.0 Å². The van der Waals surface area contributed by atoms with Gasteiger partial charge in [-0.2, -0.15) is 10.1 Å². The molecule has 9 heteroatoms. The molecule has 0 amide bonds. The second kappa shape index (κ2) is 7.34. The fraction of sp³-hybridized carbons (Fsp3) is 0.500. The van der Waals surface area contributed by atoms with Gasteiger partial charge in [0, 0.05) is 52.5 Å². The normalized spacial score (nSPS) is 14.8. The van der Waals surface area contributed by atoms with Crippen molar-refractivity contribution in [2.45, 2.75) is 13.8 Å². The number of rotatable bonds is 5. The monoisotopic (exact) mass is 367 g/mol. The molecule has 9 nitrogen and oxygen atoms in total. The zero-order valence-electron chi connectivity index (χ0n) is 16.1. The van der Waals surface area contributed by atoms with Crippen molar-refractivity contribution in [2.75, 3.05) is 54.0 Å². The molecule has 3 aromatic rings. The molecule has 0 atom stereocenters. The van der Waals surface area contributed by atoms with Crippen LogP contribution in [-0.4, -0.2) is 69.0 Å². The summed E-state index contributed by atoms with van der Waals surface area (Å²) in [5.74, 6) is 2.74. The van der Waals surface area contributed by atoms with E-state index >= 15 is 0 Å². The Hall–Kier alpha value is -2.97. The molecule has 1 aliphatic heterocycles. The summed E-state index contributed by atoms with van der Waals surface area (Å²) in [4.78, 5) is 24.9. The predicted molar refractivity (Wildman–Crippen MR) is 106 cm³/mol. The fourth-order valence-corrected chi connectivity index (χ4v) is 3.54. The topological polar surface area (TPSA) is 79.1 Å². The number of fused-ring (bicyclic) bond motifs is 1. The van der Waals surface area contributed by atoms with E-state index in [4.69, 9.17) is 4.98 Å². The number of nitrogens with zero attached hydrogens (tertiary/aromatic N) is 9. The van der Waals surface area contributed by atoms with Gasteiger partial charge in [0.2, 0.25) is 5.95 Å². The Morgan fingerprint density at radius 3 is 2.48 bits per heavy atom. The van der Waals surface area contributed by atoms with Crippen LogP contribution >= 0.6 is 0 Å². The summed E-state index contributed by atoms with van der Waals surface area (Å²) < 4.78 is 1.78. The lowest BCUT2D eigenvalue weighted by Crippen LogP contribution is -2.47. The van der Waals surface area contributed by atoms with Crippen molar-refractivity contribution in [3.05, 3.63) is 24.8 Å². The van der Waals surface area contributed by atoms with E-state index in [-0.39, 0.29) is 0 Å². The number of aryl methyl sites for hydroxylation is 1. The summed E-state index contributed by atoms with van der Waals surface area (Å²) in [6, 6.07) is 1.98. The van der Waals surface area contributed by atoms with Crippen molar-refractivity contribution in [3.63, 3.8) is 0 Å². The molecule has 0 aromatic carbocycles. The van der Waals surface area contributed by atoms with Gasteiger partial charge in [-0.3, -0.25) is 4.68 Å². The lowest BCUT2D eigenvalue weighted by atomic mass is 10.3. The third-order valence-electron chi connectivity index (χ3n) is 5.09. The molecule has 1 fully saturated rings. The Morgan fingerprint density at radius 1 is 1.00 bits per heavy atom. The second-order valence-corrected chi connectivity index (χ2v) is 6.56. The molecule has 4 rings (SSSR count). The minimum absolute atomic E-state index is 0.799. The van der Waals surface area contributed by atoms with Crippen molar-refractivity contribution >= 4 is 28.6 Å². The zero-order valence-corrected chi connectivity index (χ0v) is 16.1. The van der Waals surface area contributed by atoms with Crippen LogP contribution in [0.15, 0.2) is 24.8 Å². The Bertz CT molecular complexity index is 910. The number of anilines is 3. The van der Waals surface area contributed by atoms with Crippen LogP contribution in [-0.2, 0) is 7.05 Å². The van der Waals surface area contributed by atoms with Crippen LogP contribution in [0.1, 0.15) is 13.8 Å². The molecule has 0 bridgehead atoms. The zero-order chi connectivity index (χ0) is 18.8. The molecule has 0 unspecified atom stereocenters. The summed E-state index contributed by atoms with van der Waals surface area (Å²) in [5.41, 5.74) is 0.859. The van der Waals surface area contributed by atoms with Crippen molar-refractivity contribution in [2.24, 2.45) is 7.05 Å². The van der Waals surface area contributed by atoms with Crippen molar-refractivity contribution in [1.82, 2.24) is 29.7 Å². The minimum atomic E-state index is 0.799. The molecule has 0 saturated carbocycles. The van der Waals surface area contributed by atoms with Gasteiger partial charge in [0.05, 0.1) is 11.6 Å². The summed E-state index contributed by atoms with van der Waals surface area (Å²) >= 11 is 0. The first kappa shape index (κ1) is 17.4. The van der Waals surface area contributed by atoms with Crippen LogP contribution < -0.4 is 14.7 Å². The van der Waals surface area contributed by atoms with Gasteiger partial charge in [0.15, 0.2) is 5.65 Å². The van der Waals surface area contributed by atoms with Crippen LogP contribution in [0, 0.1) is 0 Å². The van der Waals surface area contributed by atoms with Crippen LogP contribution in [0.3, 0.4) is 0 Å². The van der Waals surface area contributed by atoms with Crippen molar-refractivity contribution < 1.29 is 0 Å². The second-order valence-electron chi connectivity index (χ2n) is 6.56. The molecule has 0 radical (unpaired) electrons. The Kier molecular flexibility index (Phi) is 4.74. The molecule has 0 N–H and O–H groups in total. The highest BCUT2D eigenvalue weighted by molar-refractivity contribution is 5.86. The number of aromatic nitrogens is 6. The average molecular weight is 367 g/mol. The molecule has 1 saturated heterocycles. The standard InChI is InChI=1S/C18H25N9/c1-4-25(5-2)15-6-7-19-18(23-15)27-10-8-26(9-11-27)17-14-12-22-24(3)16(14)20-13-21-17/h6-7,12-13H,4-5,8-11H2,1-3H3. The molecule has 27 heavy (non-hydrogen) atoms. The lowest BCUT2D eigenvalue weighted by molar-refractivity contribution is 0.635. The number of hydrogen-bond donors (Lipinski definition) is 0. The van der Waals surface area contributed by atoms with E-state index in [0.29, 0.717) is 0 Å². The maximum Gasteiger partial charge on any atom is 0.227 e. The van der Waals surface area contributed by atoms with Crippen LogP contribution in [0.2, 0.25) is 0 Å². The van der Waals surface area contributed by atoms with Crippen molar-refractivity contribution in [3.8, 4) is 0 Å². The first-order chi connectivity index (χ1) is 13.2. The summed E-state index contributed by atoms with van der Waals surface area (Å²) in [6.45, 7) is 9.60. The molecule has 0 spiro atoms. The highest BCUT2D eigenvalue weighted by Crippen LogP contribution is 2.24. The third-order valence-corrected chi connectivity index (χ3v) is 5.09. The molecular formula is C18H25N9. The van der Waals surface area contributed by atoms with E-state index in [2.05, 4.69) is 48.6 Å². The van der Waals surface area contributed by atoms with Gasteiger partial charge in [-0.25, -0.2) is 15.0 Å². The van der Waals surface area contributed by atoms with E-state index in [0.717, 1.165) is 67.9 Å². The minimum Gasteiger partial charge on any atom is -0.357 e.